The summed E-state index contributed by atoms with van der Waals surface area (Å²) in [6.07, 6.45) is 1.47. The number of nitrogens with one attached hydrogen (secondary N) is 1. The van der Waals surface area contributed by atoms with Gasteiger partial charge < -0.3 is 9.47 Å². The molecule has 0 spiro atoms. The Balaban J connectivity index is 3.22. The van der Waals surface area contributed by atoms with E-state index in [1.165, 1.54) is 13.2 Å². The van der Waals surface area contributed by atoms with E-state index >= 15 is 0 Å². The van der Waals surface area contributed by atoms with Gasteiger partial charge in [-0.3, -0.25) is 5.84 Å². The molecule has 1 aromatic rings. The number of halogens is 1. The van der Waals surface area contributed by atoms with Crippen LogP contribution < -0.4 is 16.0 Å². The Kier molecular flexibility index (Phi) is 6.39. The van der Waals surface area contributed by atoms with Crippen LogP contribution in [0.4, 0.5) is 4.39 Å². The monoisotopic (exact) mass is 284 g/mol. The smallest absolute Gasteiger partial charge is 0.131 e. The van der Waals surface area contributed by atoms with E-state index in [1.54, 1.807) is 12.1 Å². The summed E-state index contributed by atoms with van der Waals surface area (Å²) < 4.78 is 25.2. The van der Waals surface area contributed by atoms with E-state index < -0.39 is 11.6 Å². The van der Waals surface area contributed by atoms with E-state index in [0.29, 0.717) is 17.9 Å². The molecular formula is C15H25FN2O2. The largest absolute Gasteiger partial charge is 0.497 e. The fourth-order valence-electron chi connectivity index (χ4n) is 2.63. The zero-order chi connectivity index (χ0) is 15.2. The maximum atomic E-state index is 14.3. The molecule has 20 heavy (non-hydrogen) atoms. The Hall–Kier alpha value is -1.17. The van der Waals surface area contributed by atoms with Gasteiger partial charge in [0, 0.05) is 18.2 Å². The lowest BCUT2D eigenvalue weighted by molar-refractivity contribution is -0.0741. The third-order valence-corrected chi connectivity index (χ3v) is 3.84. The second-order valence-corrected chi connectivity index (χ2v) is 4.69. The van der Waals surface area contributed by atoms with Crippen molar-refractivity contribution >= 4 is 0 Å². The van der Waals surface area contributed by atoms with Crippen LogP contribution in [-0.4, -0.2) is 19.3 Å². The zero-order valence-corrected chi connectivity index (χ0v) is 12.7. The fourth-order valence-corrected chi connectivity index (χ4v) is 2.63. The van der Waals surface area contributed by atoms with Crippen molar-refractivity contribution in [3.8, 4) is 5.75 Å². The maximum Gasteiger partial charge on any atom is 0.131 e. The predicted octanol–water partition coefficient (Wildman–Crippen LogP) is 2.93. The number of nitrogens with two attached hydrogens (primary N) is 1. The summed E-state index contributed by atoms with van der Waals surface area (Å²) in [7, 11) is 1.51. The standard InChI is InChI=1S/C15H25FN2O2/c1-5-15(6-2,20-7-3)14(18-17)12-9-8-11(19-4)10-13(12)16/h8-10,14,18H,5-7,17H2,1-4H3. The lowest BCUT2D eigenvalue weighted by Crippen LogP contribution is -2.48. The first kappa shape index (κ1) is 16.9. The number of hydrogen-bond acceptors (Lipinski definition) is 4. The third kappa shape index (κ3) is 3.29. The van der Waals surface area contributed by atoms with Crippen molar-refractivity contribution in [1.29, 1.82) is 0 Å². The lowest BCUT2D eigenvalue weighted by Gasteiger charge is -2.39. The highest BCUT2D eigenvalue weighted by atomic mass is 19.1. The molecule has 0 fully saturated rings. The first-order valence-electron chi connectivity index (χ1n) is 7.02. The van der Waals surface area contributed by atoms with Crippen molar-refractivity contribution in [2.24, 2.45) is 5.84 Å². The molecule has 1 rings (SSSR count). The van der Waals surface area contributed by atoms with Gasteiger partial charge in [-0.25, -0.2) is 9.82 Å². The van der Waals surface area contributed by atoms with Crippen molar-refractivity contribution in [1.82, 2.24) is 5.43 Å². The van der Waals surface area contributed by atoms with Gasteiger partial charge in [0.1, 0.15) is 11.6 Å². The van der Waals surface area contributed by atoms with E-state index in [1.807, 2.05) is 20.8 Å². The number of hydrogen-bond donors (Lipinski definition) is 2. The number of benzene rings is 1. The highest BCUT2D eigenvalue weighted by molar-refractivity contribution is 5.32. The van der Waals surface area contributed by atoms with Crippen LogP contribution in [0.25, 0.3) is 0 Å². The zero-order valence-electron chi connectivity index (χ0n) is 12.7. The molecule has 1 aromatic carbocycles. The van der Waals surface area contributed by atoms with Gasteiger partial charge in [0.15, 0.2) is 0 Å². The Morgan fingerprint density at radius 3 is 2.35 bits per heavy atom. The van der Waals surface area contributed by atoms with Gasteiger partial charge in [0.2, 0.25) is 0 Å². The normalized spacial score (nSPS) is 13.3. The second kappa shape index (κ2) is 7.57. The Labute approximate surface area is 120 Å². The summed E-state index contributed by atoms with van der Waals surface area (Å²) >= 11 is 0. The summed E-state index contributed by atoms with van der Waals surface area (Å²) in [5, 5.41) is 0. The molecular weight excluding hydrogens is 259 g/mol. The summed E-state index contributed by atoms with van der Waals surface area (Å²) in [4.78, 5) is 0. The summed E-state index contributed by atoms with van der Waals surface area (Å²) in [5.41, 5.74) is 2.68. The van der Waals surface area contributed by atoms with Crippen molar-refractivity contribution in [3.63, 3.8) is 0 Å². The van der Waals surface area contributed by atoms with Gasteiger partial charge >= 0.3 is 0 Å². The van der Waals surface area contributed by atoms with Gasteiger partial charge in [-0.1, -0.05) is 19.9 Å². The van der Waals surface area contributed by atoms with Gasteiger partial charge in [0.05, 0.1) is 18.8 Å². The summed E-state index contributed by atoms with van der Waals surface area (Å²) in [6, 6.07) is 4.37. The molecule has 0 saturated heterocycles. The minimum Gasteiger partial charge on any atom is -0.497 e. The van der Waals surface area contributed by atoms with Gasteiger partial charge in [-0.2, -0.15) is 0 Å². The van der Waals surface area contributed by atoms with E-state index in [4.69, 9.17) is 15.3 Å². The van der Waals surface area contributed by atoms with E-state index in [0.717, 1.165) is 12.8 Å². The molecule has 114 valence electrons. The van der Waals surface area contributed by atoms with E-state index in [2.05, 4.69) is 5.43 Å². The summed E-state index contributed by atoms with van der Waals surface area (Å²) in [5.74, 6) is 5.82. The molecule has 3 N–H and O–H groups in total. The SMILES string of the molecule is CCOC(CC)(CC)C(NN)c1ccc(OC)cc1F. The molecule has 1 unspecified atom stereocenters. The third-order valence-electron chi connectivity index (χ3n) is 3.84. The number of ether oxygens (including phenoxy) is 2. The van der Waals surface area contributed by atoms with E-state index in [-0.39, 0.29) is 5.82 Å². The molecule has 1 atom stereocenters. The molecule has 4 nitrogen and oxygen atoms in total. The van der Waals surface area contributed by atoms with Crippen LogP contribution in [0, 0.1) is 5.82 Å². The van der Waals surface area contributed by atoms with Crippen LogP contribution in [0.3, 0.4) is 0 Å². The van der Waals surface area contributed by atoms with Gasteiger partial charge in [0.25, 0.3) is 0 Å². The second-order valence-electron chi connectivity index (χ2n) is 4.69. The molecule has 0 amide bonds. The quantitative estimate of drug-likeness (QED) is 0.569. The predicted molar refractivity (Wildman–Crippen MR) is 78.0 cm³/mol. The lowest BCUT2D eigenvalue weighted by atomic mass is 9.84. The molecule has 0 aromatic heterocycles. The molecule has 0 bridgehead atoms. The van der Waals surface area contributed by atoms with E-state index in [9.17, 15) is 4.39 Å². The fraction of sp³-hybridized carbons (Fsp3) is 0.600. The number of hydrazine groups is 1. The van der Waals surface area contributed by atoms with Crippen LogP contribution in [0.5, 0.6) is 5.75 Å². The molecule has 0 aliphatic heterocycles. The summed E-state index contributed by atoms with van der Waals surface area (Å²) in [6.45, 7) is 6.52. The Morgan fingerprint density at radius 2 is 1.95 bits per heavy atom. The number of rotatable bonds is 8. The first-order valence-corrected chi connectivity index (χ1v) is 7.02. The Bertz CT molecular complexity index is 422. The minimum atomic E-state index is -0.529. The van der Waals surface area contributed by atoms with Crippen molar-refractivity contribution in [3.05, 3.63) is 29.6 Å². The maximum absolute atomic E-state index is 14.3. The molecule has 0 radical (unpaired) electrons. The van der Waals surface area contributed by atoms with Crippen LogP contribution >= 0.6 is 0 Å². The first-order chi connectivity index (χ1) is 9.58. The molecule has 0 saturated carbocycles. The van der Waals surface area contributed by atoms with Gasteiger partial charge in [-0.15, -0.1) is 0 Å². The average molecular weight is 284 g/mol. The van der Waals surface area contributed by atoms with Crippen LogP contribution in [0.2, 0.25) is 0 Å². The van der Waals surface area contributed by atoms with Crippen LogP contribution in [0.1, 0.15) is 45.2 Å². The molecule has 0 aliphatic rings. The topological polar surface area (TPSA) is 56.5 Å². The molecule has 0 aliphatic carbocycles. The van der Waals surface area contributed by atoms with Crippen LogP contribution in [-0.2, 0) is 4.74 Å². The van der Waals surface area contributed by atoms with Crippen molar-refractivity contribution in [2.45, 2.75) is 45.3 Å². The van der Waals surface area contributed by atoms with Crippen molar-refractivity contribution < 1.29 is 13.9 Å². The highest BCUT2D eigenvalue weighted by Gasteiger charge is 2.38. The Morgan fingerprint density at radius 1 is 1.30 bits per heavy atom. The molecule has 0 heterocycles. The van der Waals surface area contributed by atoms with Gasteiger partial charge in [-0.05, 0) is 25.8 Å². The average Bonchev–Trinajstić information content (AvgIpc) is 2.48. The highest BCUT2D eigenvalue weighted by Crippen LogP contribution is 2.36. The van der Waals surface area contributed by atoms with Crippen molar-refractivity contribution in [2.75, 3.05) is 13.7 Å². The minimum absolute atomic E-state index is 0.349. The van der Waals surface area contributed by atoms with Crippen LogP contribution in [0.15, 0.2) is 18.2 Å². The molecule has 5 heteroatoms. The number of methoxy groups -OCH3 is 1.